The van der Waals surface area contributed by atoms with Crippen LogP contribution in [0.3, 0.4) is 0 Å². The zero-order chi connectivity index (χ0) is 19.3. The van der Waals surface area contributed by atoms with Gasteiger partial charge in [0.1, 0.15) is 5.58 Å². The molecule has 28 heavy (non-hydrogen) atoms. The highest BCUT2D eigenvalue weighted by Gasteiger charge is 2.22. The van der Waals surface area contributed by atoms with Crippen molar-refractivity contribution in [3.05, 3.63) is 46.6 Å². The summed E-state index contributed by atoms with van der Waals surface area (Å²) >= 11 is 0. The van der Waals surface area contributed by atoms with Crippen LogP contribution in [-0.4, -0.2) is 17.7 Å². The van der Waals surface area contributed by atoms with Gasteiger partial charge < -0.3 is 24.7 Å². The van der Waals surface area contributed by atoms with Crippen LogP contribution in [0.15, 0.2) is 50.6 Å². The molecular formula is C21H18N2O5. The first-order chi connectivity index (χ1) is 13.6. The van der Waals surface area contributed by atoms with E-state index in [9.17, 15) is 9.90 Å². The molecule has 0 saturated heterocycles. The van der Waals surface area contributed by atoms with Crippen LogP contribution in [0, 0.1) is 5.92 Å². The van der Waals surface area contributed by atoms with Gasteiger partial charge in [0.15, 0.2) is 17.3 Å². The third kappa shape index (κ3) is 2.94. The summed E-state index contributed by atoms with van der Waals surface area (Å²) in [7, 11) is 0. The van der Waals surface area contributed by atoms with Crippen LogP contribution < -0.4 is 20.6 Å². The lowest BCUT2D eigenvalue weighted by Crippen LogP contribution is -2.11. The molecular weight excluding hydrogens is 360 g/mol. The molecule has 3 N–H and O–H groups in total. The summed E-state index contributed by atoms with van der Waals surface area (Å²) in [6, 6.07) is 10.1. The SMILES string of the molecule is NC(CC1CC1)=Nc1ccc2oc(-c3ccc4c(c3)OCO4)c(O)c(=O)c2c1. The smallest absolute Gasteiger partial charge is 0.235 e. The fourth-order valence-electron chi connectivity index (χ4n) is 3.31. The Morgan fingerprint density at radius 1 is 1.14 bits per heavy atom. The molecule has 0 radical (unpaired) electrons. The first-order valence-corrected chi connectivity index (χ1v) is 9.11. The van der Waals surface area contributed by atoms with E-state index < -0.39 is 11.2 Å². The first-order valence-electron chi connectivity index (χ1n) is 9.11. The molecule has 1 saturated carbocycles. The second-order valence-electron chi connectivity index (χ2n) is 7.11. The summed E-state index contributed by atoms with van der Waals surface area (Å²) in [6.45, 7) is 0.139. The highest BCUT2D eigenvalue weighted by molar-refractivity contribution is 5.88. The summed E-state index contributed by atoms with van der Waals surface area (Å²) < 4.78 is 16.5. The van der Waals surface area contributed by atoms with E-state index in [2.05, 4.69) is 4.99 Å². The summed E-state index contributed by atoms with van der Waals surface area (Å²) in [4.78, 5) is 17.1. The van der Waals surface area contributed by atoms with Crippen molar-refractivity contribution in [1.29, 1.82) is 0 Å². The molecule has 7 nitrogen and oxygen atoms in total. The van der Waals surface area contributed by atoms with Gasteiger partial charge in [-0.05, 0) is 55.2 Å². The van der Waals surface area contributed by atoms with Gasteiger partial charge in [0.05, 0.1) is 16.9 Å². The molecule has 0 amide bonds. The van der Waals surface area contributed by atoms with Crippen LogP contribution >= 0.6 is 0 Å². The monoisotopic (exact) mass is 378 g/mol. The number of hydrogen-bond donors (Lipinski definition) is 2. The summed E-state index contributed by atoms with van der Waals surface area (Å²) in [6.07, 6.45) is 3.14. The Morgan fingerprint density at radius 2 is 1.96 bits per heavy atom. The lowest BCUT2D eigenvalue weighted by molar-refractivity contribution is 0.174. The van der Waals surface area contributed by atoms with Crippen molar-refractivity contribution < 1.29 is 19.0 Å². The molecule has 0 unspecified atom stereocenters. The Labute approximate surface area is 160 Å². The van der Waals surface area contributed by atoms with Gasteiger partial charge in [0, 0.05) is 12.0 Å². The molecule has 2 aliphatic rings. The van der Waals surface area contributed by atoms with Crippen LogP contribution in [0.5, 0.6) is 17.2 Å². The maximum Gasteiger partial charge on any atom is 0.235 e. The average Bonchev–Trinajstić information content (AvgIpc) is 3.37. The standard InChI is InChI=1S/C21H18N2O5/c22-18(7-11-1-2-11)23-13-4-6-15-14(9-13)19(24)20(25)21(28-15)12-3-5-16-17(8-12)27-10-26-16/h3-6,8-9,11,25H,1-2,7,10H2,(H2,22,23). The first kappa shape index (κ1) is 16.7. The van der Waals surface area contributed by atoms with Crippen molar-refractivity contribution >= 4 is 22.5 Å². The second kappa shape index (κ2) is 6.30. The maximum atomic E-state index is 12.7. The molecule has 2 heterocycles. The molecule has 2 aromatic carbocycles. The lowest BCUT2D eigenvalue weighted by atomic mass is 10.1. The van der Waals surface area contributed by atoms with Crippen molar-refractivity contribution in [2.45, 2.75) is 19.3 Å². The number of nitrogens with zero attached hydrogens (tertiary/aromatic N) is 1. The van der Waals surface area contributed by atoms with Gasteiger partial charge in [-0.15, -0.1) is 0 Å². The third-order valence-corrected chi connectivity index (χ3v) is 4.95. The lowest BCUT2D eigenvalue weighted by Gasteiger charge is -2.07. The Bertz CT molecular complexity index is 1180. The van der Waals surface area contributed by atoms with E-state index in [1.807, 2.05) is 0 Å². The van der Waals surface area contributed by atoms with Crippen LogP contribution in [0.4, 0.5) is 5.69 Å². The summed E-state index contributed by atoms with van der Waals surface area (Å²) in [5, 5.41) is 10.7. The van der Waals surface area contributed by atoms with E-state index in [1.165, 1.54) is 12.8 Å². The van der Waals surface area contributed by atoms with Gasteiger partial charge in [-0.3, -0.25) is 4.79 Å². The molecule has 0 atom stereocenters. The molecule has 0 spiro atoms. The van der Waals surface area contributed by atoms with Gasteiger partial charge in [-0.25, -0.2) is 4.99 Å². The number of amidine groups is 1. The fourth-order valence-corrected chi connectivity index (χ4v) is 3.31. The van der Waals surface area contributed by atoms with Gasteiger partial charge in [-0.1, -0.05) is 0 Å². The van der Waals surface area contributed by atoms with E-state index in [0.717, 1.165) is 6.42 Å². The number of fused-ring (bicyclic) bond motifs is 2. The van der Waals surface area contributed by atoms with E-state index >= 15 is 0 Å². The van der Waals surface area contributed by atoms with Gasteiger partial charge in [-0.2, -0.15) is 0 Å². The molecule has 142 valence electrons. The molecule has 3 aromatic rings. The highest BCUT2D eigenvalue weighted by atomic mass is 16.7. The summed E-state index contributed by atoms with van der Waals surface area (Å²) in [5.74, 6) is 1.95. The second-order valence-corrected chi connectivity index (χ2v) is 7.11. The minimum absolute atomic E-state index is 0.0836. The summed E-state index contributed by atoms with van der Waals surface area (Å²) in [5.41, 5.74) is 6.90. The molecule has 1 aromatic heterocycles. The number of aliphatic imine (C=N–C) groups is 1. The maximum absolute atomic E-state index is 12.7. The quantitative estimate of drug-likeness (QED) is 0.530. The van der Waals surface area contributed by atoms with Crippen LogP contribution in [0.2, 0.25) is 0 Å². The Hall–Kier alpha value is -3.48. The number of aromatic hydroxyl groups is 1. The number of rotatable bonds is 4. The largest absolute Gasteiger partial charge is 0.502 e. The predicted octanol–water partition coefficient (Wildman–Crippen LogP) is 3.68. The van der Waals surface area contributed by atoms with Crippen molar-refractivity contribution in [3.63, 3.8) is 0 Å². The van der Waals surface area contributed by atoms with E-state index in [4.69, 9.17) is 19.6 Å². The molecule has 1 fully saturated rings. The minimum Gasteiger partial charge on any atom is -0.502 e. The number of ether oxygens (including phenoxy) is 2. The highest BCUT2D eigenvalue weighted by Crippen LogP contribution is 2.39. The van der Waals surface area contributed by atoms with Crippen LogP contribution in [-0.2, 0) is 0 Å². The average molecular weight is 378 g/mol. The number of benzene rings is 2. The van der Waals surface area contributed by atoms with E-state index in [-0.39, 0.29) is 17.9 Å². The topological polar surface area (TPSA) is 107 Å². The van der Waals surface area contributed by atoms with Crippen LogP contribution in [0.25, 0.3) is 22.3 Å². The van der Waals surface area contributed by atoms with Crippen molar-refractivity contribution in [1.82, 2.24) is 0 Å². The van der Waals surface area contributed by atoms with E-state index in [0.29, 0.717) is 40.1 Å². The molecule has 1 aliphatic heterocycles. The Balaban J connectivity index is 1.57. The fraction of sp³-hybridized carbons (Fsp3) is 0.238. The normalized spacial score (nSPS) is 15.9. The van der Waals surface area contributed by atoms with Gasteiger partial charge in [0.25, 0.3) is 0 Å². The van der Waals surface area contributed by atoms with Crippen molar-refractivity contribution in [2.75, 3.05) is 6.79 Å². The molecule has 1 aliphatic carbocycles. The molecule has 0 bridgehead atoms. The molecule has 7 heteroatoms. The Morgan fingerprint density at radius 3 is 2.79 bits per heavy atom. The van der Waals surface area contributed by atoms with Crippen LogP contribution in [0.1, 0.15) is 19.3 Å². The van der Waals surface area contributed by atoms with E-state index in [1.54, 1.807) is 36.4 Å². The van der Waals surface area contributed by atoms with Crippen molar-refractivity contribution in [2.24, 2.45) is 16.6 Å². The number of hydrogen-bond acceptors (Lipinski definition) is 6. The van der Waals surface area contributed by atoms with Gasteiger partial charge >= 0.3 is 0 Å². The minimum atomic E-state index is -0.522. The number of nitrogens with two attached hydrogens (primary N) is 1. The molecule has 5 rings (SSSR count). The zero-order valence-electron chi connectivity index (χ0n) is 15.0. The zero-order valence-corrected chi connectivity index (χ0v) is 15.0. The third-order valence-electron chi connectivity index (χ3n) is 4.95. The van der Waals surface area contributed by atoms with Crippen molar-refractivity contribution in [3.8, 4) is 28.6 Å². The Kier molecular flexibility index (Phi) is 3.75. The van der Waals surface area contributed by atoms with Gasteiger partial charge in [0.2, 0.25) is 18.0 Å². The predicted molar refractivity (Wildman–Crippen MR) is 104 cm³/mol.